The first-order valence-corrected chi connectivity index (χ1v) is 10.5. The molecular formula is C27H26O3. The summed E-state index contributed by atoms with van der Waals surface area (Å²) in [5.41, 5.74) is 2.49. The summed E-state index contributed by atoms with van der Waals surface area (Å²) in [6, 6.07) is 27.4. The summed E-state index contributed by atoms with van der Waals surface area (Å²) in [4.78, 5) is 13.1. The summed E-state index contributed by atoms with van der Waals surface area (Å²) in [5, 5.41) is 11.7. The number of hydrogen-bond acceptors (Lipinski definition) is 3. The van der Waals surface area contributed by atoms with E-state index >= 15 is 0 Å². The second kappa shape index (κ2) is 8.58. The van der Waals surface area contributed by atoms with Crippen molar-refractivity contribution in [1.82, 2.24) is 0 Å². The van der Waals surface area contributed by atoms with Gasteiger partial charge in [0.15, 0.2) is 0 Å². The van der Waals surface area contributed by atoms with Gasteiger partial charge in [0.2, 0.25) is 0 Å². The maximum absolute atomic E-state index is 13.1. The molecule has 0 bridgehead atoms. The van der Waals surface area contributed by atoms with Crippen LogP contribution < -0.4 is 5.63 Å². The Hall–Kier alpha value is -3.33. The predicted octanol–water partition coefficient (Wildman–Crippen LogP) is 6.46. The third-order valence-corrected chi connectivity index (χ3v) is 6.12. The molecular weight excluding hydrogens is 372 g/mol. The lowest BCUT2D eigenvalue weighted by Gasteiger charge is -2.31. The maximum atomic E-state index is 13.1. The highest BCUT2D eigenvalue weighted by molar-refractivity contribution is 5.84. The Morgan fingerprint density at radius 3 is 2.03 bits per heavy atom. The second-order valence-electron chi connectivity index (χ2n) is 7.82. The summed E-state index contributed by atoms with van der Waals surface area (Å²) in [6.07, 6.45) is 0.925. The van der Waals surface area contributed by atoms with Gasteiger partial charge in [0, 0.05) is 5.92 Å². The molecule has 1 N–H and O–H groups in total. The zero-order valence-corrected chi connectivity index (χ0v) is 17.3. The Bertz CT molecular complexity index is 1180. The lowest BCUT2D eigenvalue weighted by molar-refractivity contribution is 0.378. The molecule has 0 amide bonds. The Balaban J connectivity index is 1.92. The Morgan fingerprint density at radius 1 is 0.833 bits per heavy atom. The fourth-order valence-electron chi connectivity index (χ4n) is 4.66. The standard InChI is InChI=1S/C27H26O3/c1-3-21(19-12-6-4-7-13-19)18(2)24(20-14-8-5-9-15-20)25-26(28)22-16-10-11-17-23(22)30-27(25)29/h4-18,21,24,28H,3H2,1-2H3. The molecule has 0 aliphatic rings. The van der Waals surface area contributed by atoms with Crippen LogP contribution in [0.3, 0.4) is 0 Å². The summed E-state index contributed by atoms with van der Waals surface area (Å²) >= 11 is 0. The summed E-state index contributed by atoms with van der Waals surface area (Å²) < 4.78 is 5.63. The van der Waals surface area contributed by atoms with Crippen LogP contribution in [0, 0.1) is 5.92 Å². The highest BCUT2D eigenvalue weighted by Gasteiger charge is 2.33. The molecule has 0 fully saturated rings. The zero-order chi connectivity index (χ0) is 21.1. The van der Waals surface area contributed by atoms with Gasteiger partial charge in [0.1, 0.15) is 11.3 Å². The van der Waals surface area contributed by atoms with Gasteiger partial charge < -0.3 is 9.52 Å². The highest BCUT2D eigenvalue weighted by atomic mass is 16.4. The third-order valence-electron chi connectivity index (χ3n) is 6.12. The molecule has 1 heterocycles. The SMILES string of the molecule is CCC(c1ccccc1)C(C)C(c1ccccc1)c1c(O)c2ccccc2oc1=O. The van der Waals surface area contributed by atoms with E-state index < -0.39 is 5.63 Å². The van der Waals surface area contributed by atoms with Gasteiger partial charge in [-0.05, 0) is 41.5 Å². The summed E-state index contributed by atoms with van der Waals surface area (Å²) in [7, 11) is 0. The van der Waals surface area contributed by atoms with Crippen LogP contribution in [0.25, 0.3) is 11.0 Å². The number of aromatic hydroxyl groups is 1. The normalized spacial score (nSPS) is 14.3. The van der Waals surface area contributed by atoms with Crippen LogP contribution in [0.5, 0.6) is 5.75 Å². The molecule has 3 unspecified atom stereocenters. The van der Waals surface area contributed by atoms with Crippen LogP contribution in [0.4, 0.5) is 0 Å². The molecule has 3 aromatic carbocycles. The largest absolute Gasteiger partial charge is 0.507 e. The van der Waals surface area contributed by atoms with Gasteiger partial charge in [-0.2, -0.15) is 0 Å². The van der Waals surface area contributed by atoms with Crippen LogP contribution in [-0.4, -0.2) is 5.11 Å². The topological polar surface area (TPSA) is 50.4 Å². The lowest BCUT2D eigenvalue weighted by Crippen LogP contribution is -2.24. The van der Waals surface area contributed by atoms with Crippen molar-refractivity contribution in [2.75, 3.05) is 0 Å². The van der Waals surface area contributed by atoms with Crippen molar-refractivity contribution in [1.29, 1.82) is 0 Å². The van der Waals surface area contributed by atoms with E-state index in [9.17, 15) is 9.90 Å². The Kier molecular flexibility index (Phi) is 5.71. The van der Waals surface area contributed by atoms with Crippen molar-refractivity contribution in [3.8, 4) is 5.75 Å². The molecule has 0 radical (unpaired) electrons. The molecule has 4 aromatic rings. The molecule has 3 nitrogen and oxygen atoms in total. The number of fused-ring (bicyclic) bond motifs is 1. The first-order valence-electron chi connectivity index (χ1n) is 10.5. The van der Waals surface area contributed by atoms with Crippen LogP contribution in [0.1, 0.15) is 48.8 Å². The van der Waals surface area contributed by atoms with Gasteiger partial charge in [0.05, 0.1) is 10.9 Å². The quantitative estimate of drug-likeness (QED) is 0.379. The minimum absolute atomic E-state index is 0.0190. The molecule has 0 spiro atoms. The number of benzene rings is 3. The van der Waals surface area contributed by atoms with Crippen molar-refractivity contribution in [2.24, 2.45) is 5.92 Å². The van der Waals surface area contributed by atoms with E-state index in [1.807, 2.05) is 54.6 Å². The zero-order valence-electron chi connectivity index (χ0n) is 17.3. The van der Waals surface area contributed by atoms with Gasteiger partial charge >= 0.3 is 5.63 Å². The highest BCUT2D eigenvalue weighted by Crippen LogP contribution is 2.44. The van der Waals surface area contributed by atoms with Gasteiger partial charge in [0.25, 0.3) is 0 Å². The van der Waals surface area contributed by atoms with E-state index in [0.717, 1.165) is 12.0 Å². The first kappa shape index (κ1) is 20.0. The van der Waals surface area contributed by atoms with E-state index in [2.05, 4.69) is 26.0 Å². The molecule has 1 aromatic heterocycles. The Morgan fingerprint density at radius 2 is 1.40 bits per heavy atom. The van der Waals surface area contributed by atoms with E-state index in [1.54, 1.807) is 18.2 Å². The van der Waals surface area contributed by atoms with Crippen molar-refractivity contribution < 1.29 is 9.52 Å². The molecule has 3 atom stereocenters. The molecule has 0 aliphatic carbocycles. The van der Waals surface area contributed by atoms with E-state index in [1.165, 1.54) is 5.56 Å². The minimum Gasteiger partial charge on any atom is -0.507 e. The van der Waals surface area contributed by atoms with Gasteiger partial charge in [-0.15, -0.1) is 0 Å². The lowest BCUT2D eigenvalue weighted by atomic mass is 9.72. The monoisotopic (exact) mass is 398 g/mol. The number of para-hydroxylation sites is 1. The predicted molar refractivity (Wildman–Crippen MR) is 121 cm³/mol. The molecule has 0 saturated heterocycles. The molecule has 0 saturated carbocycles. The number of hydrogen-bond donors (Lipinski definition) is 1. The van der Waals surface area contributed by atoms with Gasteiger partial charge in [-0.25, -0.2) is 4.79 Å². The van der Waals surface area contributed by atoms with Crippen molar-refractivity contribution in [2.45, 2.75) is 32.1 Å². The van der Waals surface area contributed by atoms with Crippen molar-refractivity contribution in [3.63, 3.8) is 0 Å². The molecule has 152 valence electrons. The van der Waals surface area contributed by atoms with Crippen LogP contribution in [-0.2, 0) is 0 Å². The fourth-order valence-corrected chi connectivity index (χ4v) is 4.66. The average molecular weight is 399 g/mol. The minimum atomic E-state index is -0.477. The van der Waals surface area contributed by atoms with Gasteiger partial charge in [-0.1, -0.05) is 86.6 Å². The van der Waals surface area contributed by atoms with E-state index in [-0.39, 0.29) is 23.5 Å². The average Bonchev–Trinajstić information content (AvgIpc) is 2.78. The molecule has 30 heavy (non-hydrogen) atoms. The second-order valence-corrected chi connectivity index (χ2v) is 7.82. The molecule has 4 rings (SSSR count). The number of rotatable bonds is 6. The first-order chi connectivity index (χ1) is 14.6. The summed E-state index contributed by atoms with van der Waals surface area (Å²) in [5.74, 6) is 0.0131. The van der Waals surface area contributed by atoms with E-state index in [4.69, 9.17) is 4.42 Å². The molecule has 3 heteroatoms. The summed E-state index contributed by atoms with van der Waals surface area (Å²) in [6.45, 7) is 4.33. The van der Waals surface area contributed by atoms with Crippen LogP contribution >= 0.6 is 0 Å². The Labute approximate surface area is 176 Å². The molecule has 0 aliphatic heterocycles. The van der Waals surface area contributed by atoms with Crippen LogP contribution in [0.2, 0.25) is 0 Å². The van der Waals surface area contributed by atoms with E-state index in [0.29, 0.717) is 16.5 Å². The van der Waals surface area contributed by atoms with Crippen molar-refractivity contribution in [3.05, 3.63) is 112 Å². The third kappa shape index (κ3) is 3.63. The maximum Gasteiger partial charge on any atom is 0.343 e. The fraction of sp³-hybridized carbons (Fsp3) is 0.222. The van der Waals surface area contributed by atoms with Crippen LogP contribution in [0.15, 0.2) is 94.1 Å². The smallest absolute Gasteiger partial charge is 0.343 e. The van der Waals surface area contributed by atoms with Gasteiger partial charge in [-0.3, -0.25) is 0 Å². The van der Waals surface area contributed by atoms with Crippen molar-refractivity contribution >= 4 is 11.0 Å².